The third kappa shape index (κ3) is 3.59. The Labute approximate surface area is 107 Å². The number of benzene rings is 1. The maximum atomic E-state index is 13.4. The molecule has 0 saturated heterocycles. The van der Waals surface area contributed by atoms with Crippen LogP contribution in [0.4, 0.5) is 14.5 Å². The fourth-order valence-electron chi connectivity index (χ4n) is 1.32. The second kappa shape index (κ2) is 6.05. The molecule has 0 radical (unpaired) electrons. The van der Waals surface area contributed by atoms with Gasteiger partial charge in [-0.25, -0.2) is 13.6 Å². The second-order valence-electron chi connectivity index (χ2n) is 3.74. The highest BCUT2D eigenvalue weighted by molar-refractivity contribution is 5.96. The summed E-state index contributed by atoms with van der Waals surface area (Å²) in [5.74, 6) is -4.59. The Hall–Kier alpha value is -2.28. The van der Waals surface area contributed by atoms with E-state index in [9.17, 15) is 18.4 Å². The normalized spacial score (nSPS) is 11.7. The SMILES string of the molecule is C=CCC(N)C(=O)Nc1cc(C(=O)O)c(F)cc1F. The summed E-state index contributed by atoms with van der Waals surface area (Å²) in [5, 5.41) is 10.8. The molecule has 102 valence electrons. The lowest BCUT2D eigenvalue weighted by Gasteiger charge is -2.11. The number of amides is 1. The van der Waals surface area contributed by atoms with Crippen LogP contribution in [0.15, 0.2) is 24.8 Å². The predicted octanol–water partition coefficient (Wildman–Crippen LogP) is 1.50. The number of nitrogens with one attached hydrogen (secondary N) is 1. The molecule has 1 atom stereocenters. The van der Waals surface area contributed by atoms with Crippen molar-refractivity contribution in [1.82, 2.24) is 0 Å². The van der Waals surface area contributed by atoms with Gasteiger partial charge in [0.05, 0.1) is 17.3 Å². The Bertz CT molecular complexity index is 532. The quantitative estimate of drug-likeness (QED) is 0.707. The molecule has 0 heterocycles. The zero-order valence-corrected chi connectivity index (χ0v) is 9.82. The number of hydrogen-bond donors (Lipinski definition) is 3. The van der Waals surface area contributed by atoms with Gasteiger partial charge in [0, 0.05) is 6.07 Å². The molecule has 0 saturated carbocycles. The van der Waals surface area contributed by atoms with Crippen molar-refractivity contribution in [3.8, 4) is 0 Å². The molecule has 0 aliphatic heterocycles. The molecule has 1 aromatic carbocycles. The molecule has 0 aliphatic carbocycles. The summed E-state index contributed by atoms with van der Waals surface area (Å²) < 4.78 is 26.5. The molecule has 7 heteroatoms. The summed E-state index contributed by atoms with van der Waals surface area (Å²) in [6.07, 6.45) is 1.58. The first-order chi connectivity index (χ1) is 8.86. The van der Waals surface area contributed by atoms with Gasteiger partial charge in [-0.05, 0) is 12.5 Å². The van der Waals surface area contributed by atoms with Crippen molar-refractivity contribution in [3.63, 3.8) is 0 Å². The van der Waals surface area contributed by atoms with E-state index in [1.165, 1.54) is 6.08 Å². The number of carboxylic acid groups (broad SMARTS) is 1. The third-order valence-corrected chi connectivity index (χ3v) is 2.30. The van der Waals surface area contributed by atoms with Crippen molar-refractivity contribution in [2.45, 2.75) is 12.5 Å². The molecule has 1 aromatic rings. The van der Waals surface area contributed by atoms with E-state index in [0.717, 1.165) is 0 Å². The lowest BCUT2D eigenvalue weighted by atomic mass is 10.1. The van der Waals surface area contributed by atoms with Crippen LogP contribution in [-0.4, -0.2) is 23.0 Å². The van der Waals surface area contributed by atoms with Gasteiger partial charge in [0.15, 0.2) is 0 Å². The van der Waals surface area contributed by atoms with E-state index in [1.807, 2.05) is 0 Å². The Balaban J connectivity index is 3.01. The number of aromatic carboxylic acids is 1. The number of anilines is 1. The number of carbonyl (C=O) groups is 2. The van der Waals surface area contributed by atoms with Crippen LogP contribution >= 0.6 is 0 Å². The van der Waals surface area contributed by atoms with Gasteiger partial charge in [-0.15, -0.1) is 6.58 Å². The van der Waals surface area contributed by atoms with E-state index < -0.39 is 40.8 Å². The maximum Gasteiger partial charge on any atom is 0.338 e. The van der Waals surface area contributed by atoms with E-state index in [-0.39, 0.29) is 6.42 Å². The van der Waals surface area contributed by atoms with Crippen LogP contribution in [0.2, 0.25) is 0 Å². The zero-order chi connectivity index (χ0) is 14.6. The van der Waals surface area contributed by atoms with E-state index >= 15 is 0 Å². The first-order valence-corrected chi connectivity index (χ1v) is 5.26. The number of carbonyl (C=O) groups excluding carboxylic acids is 1. The summed E-state index contributed by atoms with van der Waals surface area (Å²) >= 11 is 0. The maximum absolute atomic E-state index is 13.4. The highest BCUT2D eigenvalue weighted by Gasteiger charge is 2.18. The van der Waals surface area contributed by atoms with Crippen molar-refractivity contribution >= 4 is 17.6 Å². The Morgan fingerprint density at radius 2 is 2.05 bits per heavy atom. The Morgan fingerprint density at radius 3 is 2.58 bits per heavy atom. The minimum atomic E-state index is -1.57. The minimum absolute atomic E-state index is 0.167. The number of halogens is 2. The van der Waals surface area contributed by atoms with Gasteiger partial charge in [-0.2, -0.15) is 0 Å². The molecule has 0 fully saturated rings. The average molecular weight is 270 g/mol. The standard InChI is InChI=1S/C12H12F2N2O3/c1-2-3-9(15)11(17)16-10-4-6(12(18)19)7(13)5-8(10)14/h2,4-5,9H,1,3,15H2,(H,16,17)(H,18,19). The molecule has 0 bridgehead atoms. The number of rotatable bonds is 5. The van der Waals surface area contributed by atoms with Gasteiger partial charge < -0.3 is 16.2 Å². The average Bonchev–Trinajstić information content (AvgIpc) is 2.32. The second-order valence-corrected chi connectivity index (χ2v) is 3.74. The van der Waals surface area contributed by atoms with E-state index in [2.05, 4.69) is 11.9 Å². The topological polar surface area (TPSA) is 92.4 Å². The lowest BCUT2D eigenvalue weighted by Crippen LogP contribution is -2.35. The van der Waals surface area contributed by atoms with Gasteiger partial charge in [0.25, 0.3) is 0 Å². The van der Waals surface area contributed by atoms with Crippen molar-refractivity contribution in [1.29, 1.82) is 0 Å². The third-order valence-electron chi connectivity index (χ3n) is 2.30. The molecule has 0 aromatic heterocycles. The summed E-state index contributed by atoms with van der Waals surface area (Å²) in [7, 11) is 0. The van der Waals surface area contributed by atoms with Crippen LogP contribution < -0.4 is 11.1 Å². The van der Waals surface area contributed by atoms with Crippen LogP contribution in [0.1, 0.15) is 16.8 Å². The molecule has 5 nitrogen and oxygen atoms in total. The van der Waals surface area contributed by atoms with Crippen molar-refractivity contribution in [2.24, 2.45) is 5.73 Å². The van der Waals surface area contributed by atoms with Gasteiger partial charge in [0.2, 0.25) is 5.91 Å². The lowest BCUT2D eigenvalue weighted by molar-refractivity contribution is -0.117. The van der Waals surface area contributed by atoms with E-state index in [4.69, 9.17) is 10.8 Å². The Morgan fingerprint density at radius 1 is 1.42 bits per heavy atom. The number of carboxylic acids is 1. The molecule has 1 rings (SSSR count). The summed E-state index contributed by atoms with van der Waals surface area (Å²) in [4.78, 5) is 22.2. The molecule has 0 spiro atoms. The smallest absolute Gasteiger partial charge is 0.338 e. The van der Waals surface area contributed by atoms with Crippen LogP contribution in [0.3, 0.4) is 0 Å². The fraction of sp³-hybridized carbons (Fsp3) is 0.167. The van der Waals surface area contributed by atoms with Crippen molar-refractivity contribution < 1.29 is 23.5 Å². The number of nitrogens with two attached hydrogens (primary N) is 1. The monoisotopic (exact) mass is 270 g/mol. The summed E-state index contributed by atoms with van der Waals surface area (Å²) in [5.41, 5.74) is 4.27. The molecule has 19 heavy (non-hydrogen) atoms. The largest absolute Gasteiger partial charge is 0.478 e. The molecular formula is C12H12F2N2O3. The zero-order valence-electron chi connectivity index (χ0n) is 9.82. The molecule has 4 N–H and O–H groups in total. The van der Waals surface area contributed by atoms with Crippen LogP contribution in [0.5, 0.6) is 0 Å². The van der Waals surface area contributed by atoms with E-state index in [1.54, 1.807) is 0 Å². The molecular weight excluding hydrogens is 258 g/mol. The highest BCUT2D eigenvalue weighted by atomic mass is 19.1. The Kier molecular flexibility index (Phi) is 4.71. The van der Waals surface area contributed by atoms with Crippen LogP contribution in [-0.2, 0) is 4.79 Å². The van der Waals surface area contributed by atoms with Gasteiger partial charge in [-0.3, -0.25) is 4.79 Å². The minimum Gasteiger partial charge on any atom is -0.478 e. The van der Waals surface area contributed by atoms with Crippen LogP contribution in [0.25, 0.3) is 0 Å². The summed E-state index contributed by atoms with van der Waals surface area (Å²) in [6.45, 7) is 3.40. The van der Waals surface area contributed by atoms with E-state index in [0.29, 0.717) is 12.1 Å². The first-order valence-electron chi connectivity index (χ1n) is 5.26. The molecule has 1 unspecified atom stereocenters. The molecule has 0 aliphatic rings. The fourth-order valence-corrected chi connectivity index (χ4v) is 1.32. The molecule has 1 amide bonds. The van der Waals surface area contributed by atoms with Crippen molar-refractivity contribution in [2.75, 3.05) is 5.32 Å². The van der Waals surface area contributed by atoms with Gasteiger partial charge in [0.1, 0.15) is 11.6 Å². The summed E-state index contributed by atoms with van der Waals surface area (Å²) in [6, 6.07) is 0.138. The predicted molar refractivity (Wildman–Crippen MR) is 64.7 cm³/mol. The van der Waals surface area contributed by atoms with Crippen molar-refractivity contribution in [3.05, 3.63) is 42.0 Å². The van der Waals surface area contributed by atoms with Gasteiger partial charge in [-0.1, -0.05) is 6.08 Å². The number of hydrogen-bond acceptors (Lipinski definition) is 3. The highest BCUT2D eigenvalue weighted by Crippen LogP contribution is 2.20. The first kappa shape index (κ1) is 14.8. The van der Waals surface area contributed by atoms with Crippen LogP contribution in [0, 0.1) is 11.6 Å². The van der Waals surface area contributed by atoms with Gasteiger partial charge >= 0.3 is 5.97 Å².